The Morgan fingerprint density at radius 2 is 2.06 bits per heavy atom. The molecule has 1 saturated heterocycles. The van der Waals surface area contributed by atoms with E-state index < -0.39 is 0 Å². The second-order valence-electron chi connectivity index (χ2n) is 4.65. The van der Waals surface area contributed by atoms with E-state index >= 15 is 0 Å². The molecule has 1 fully saturated rings. The van der Waals surface area contributed by atoms with Crippen LogP contribution < -0.4 is 0 Å². The van der Waals surface area contributed by atoms with Crippen LogP contribution in [0.3, 0.4) is 0 Å². The first-order chi connectivity index (χ1) is 7.79. The van der Waals surface area contributed by atoms with Crippen molar-refractivity contribution in [2.45, 2.75) is 25.7 Å². The second kappa shape index (κ2) is 5.26. The average Bonchev–Trinajstić information content (AvgIpc) is 2.25. The van der Waals surface area contributed by atoms with Crippen LogP contribution in [-0.2, 0) is 16.0 Å². The van der Waals surface area contributed by atoms with Gasteiger partial charge in [-0.15, -0.1) is 0 Å². The van der Waals surface area contributed by atoms with Crippen molar-refractivity contribution in [2.75, 3.05) is 13.2 Å². The summed E-state index contributed by atoms with van der Waals surface area (Å²) in [5.74, 6) is 1.04. The first kappa shape index (κ1) is 11.3. The van der Waals surface area contributed by atoms with E-state index in [4.69, 9.17) is 4.74 Å². The Morgan fingerprint density at radius 1 is 1.38 bits per heavy atom. The highest BCUT2D eigenvalue weighted by Crippen LogP contribution is 2.21. The van der Waals surface area contributed by atoms with E-state index in [1.807, 2.05) is 0 Å². The SMILES string of the molecule is CC(CC=O)c1ccc(CC2COC2)cc1. The van der Waals surface area contributed by atoms with E-state index in [1.54, 1.807) is 0 Å². The summed E-state index contributed by atoms with van der Waals surface area (Å²) in [6.45, 7) is 3.90. The fraction of sp³-hybridized carbons (Fsp3) is 0.500. The molecule has 0 bridgehead atoms. The predicted octanol–water partition coefficient (Wildman–Crippen LogP) is 2.57. The lowest BCUT2D eigenvalue weighted by molar-refractivity contribution is -0.108. The van der Waals surface area contributed by atoms with Gasteiger partial charge in [0.2, 0.25) is 0 Å². The van der Waals surface area contributed by atoms with Crippen molar-refractivity contribution in [2.24, 2.45) is 5.92 Å². The largest absolute Gasteiger partial charge is 0.381 e. The molecule has 0 spiro atoms. The quantitative estimate of drug-likeness (QED) is 0.710. The fourth-order valence-electron chi connectivity index (χ4n) is 2.00. The van der Waals surface area contributed by atoms with Crippen molar-refractivity contribution >= 4 is 6.29 Å². The Balaban J connectivity index is 1.95. The average molecular weight is 218 g/mol. The lowest BCUT2D eigenvalue weighted by Gasteiger charge is -2.26. The molecule has 16 heavy (non-hydrogen) atoms. The lowest BCUT2D eigenvalue weighted by Crippen LogP contribution is -2.29. The molecule has 1 unspecified atom stereocenters. The second-order valence-corrected chi connectivity index (χ2v) is 4.65. The van der Waals surface area contributed by atoms with E-state index in [9.17, 15) is 4.79 Å². The zero-order valence-corrected chi connectivity index (χ0v) is 9.69. The highest BCUT2D eigenvalue weighted by Gasteiger charge is 2.18. The highest BCUT2D eigenvalue weighted by atomic mass is 16.5. The van der Waals surface area contributed by atoms with Gasteiger partial charge >= 0.3 is 0 Å². The molecule has 0 saturated carbocycles. The summed E-state index contributed by atoms with van der Waals surface area (Å²) in [5, 5.41) is 0. The van der Waals surface area contributed by atoms with Gasteiger partial charge in [-0.3, -0.25) is 0 Å². The Labute approximate surface area is 96.6 Å². The Morgan fingerprint density at radius 3 is 2.56 bits per heavy atom. The molecule has 0 aromatic heterocycles. The number of benzene rings is 1. The summed E-state index contributed by atoms with van der Waals surface area (Å²) in [7, 11) is 0. The van der Waals surface area contributed by atoms with E-state index in [2.05, 4.69) is 31.2 Å². The topological polar surface area (TPSA) is 26.3 Å². The van der Waals surface area contributed by atoms with Gasteiger partial charge in [0.1, 0.15) is 6.29 Å². The lowest BCUT2D eigenvalue weighted by atomic mass is 9.94. The molecule has 1 aliphatic rings. The summed E-state index contributed by atoms with van der Waals surface area (Å²) in [6.07, 6.45) is 2.71. The maximum absolute atomic E-state index is 10.4. The summed E-state index contributed by atoms with van der Waals surface area (Å²) in [6, 6.07) is 8.63. The number of rotatable bonds is 5. The number of aldehydes is 1. The number of carbonyl (C=O) groups excluding carboxylic acids is 1. The molecule has 0 amide bonds. The molecule has 86 valence electrons. The van der Waals surface area contributed by atoms with Gasteiger partial charge in [-0.25, -0.2) is 0 Å². The summed E-state index contributed by atoms with van der Waals surface area (Å²) in [4.78, 5) is 10.4. The van der Waals surface area contributed by atoms with Crippen LogP contribution in [0.5, 0.6) is 0 Å². The molecular weight excluding hydrogens is 200 g/mol. The van der Waals surface area contributed by atoms with Crippen LogP contribution in [0.2, 0.25) is 0 Å². The first-order valence-corrected chi connectivity index (χ1v) is 5.90. The minimum Gasteiger partial charge on any atom is -0.381 e. The number of hydrogen-bond acceptors (Lipinski definition) is 2. The molecule has 1 aromatic carbocycles. The van der Waals surface area contributed by atoms with Gasteiger partial charge in [0, 0.05) is 12.3 Å². The maximum Gasteiger partial charge on any atom is 0.120 e. The summed E-state index contributed by atoms with van der Waals surface area (Å²) in [5.41, 5.74) is 2.62. The van der Waals surface area contributed by atoms with Crippen LogP contribution in [0.4, 0.5) is 0 Å². The molecule has 0 aliphatic carbocycles. The highest BCUT2D eigenvalue weighted by molar-refractivity contribution is 5.51. The van der Waals surface area contributed by atoms with Crippen LogP contribution in [0, 0.1) is 5.92 Å². The Bertz CT molecular complexity index is 338. The minimum absolute atomic E-state index is 0.332. The van der Waals surface area contributed by atoms with Crippen molar-refractivity contribution in [3.63, 3.8) is 0 Å². The van der Waals surface area contributed by atoms with Crippen LogP contribution in [-0.4, -0.2) is 19.5 Å². The molecule has 1 aliphatic heterocycles. The van der Waals surface area contributed by atoms with Crippen molar-refractivity contribution in [3.05, 3.63) is 35.4 Å². The maximum atomic E-state index is 10.4. The molecule has 1 aromatic rings. The third-order valence-corrected chi connectivity index (χ3v) is 3.23. The third-order valence-electron chi connectivity index (χ3n) is 3.23. The monoisotopic (exact) mass is 218 g/mol. The molecule has 1 atom stereocenters. The van der Waals surface area contributed by atoms with Crippen LogP contribution in [0.25, 0.3) is 0 Å². The predicted molar refractivity (Wildman–Crippen MR) is 63.6 cm³/mol. The smallest absolute Gasteiger partial charge is 0.120 e. The fourth-order valence-corrected chi connectivity index (χ4v) is 2.00. The van der Waals surface area contributed by atoms with Crippen molar-refractivity contribution in [1.82, 2.24) is 0 Å². The molecule has 1 heterocycles. The van der Waals surface area contributed by atoms with Crippen LogP contribution in [0.1, 0.15) is 30.4 Å². The van der Waals surface area contributed by atoms with Crippen molar-refractivity contribution in [3.8, 4) is 0 Å². The van der Waals surface area contributed by atoms with E-state index in [1.165, 1.54) is 11.1 Å². The van der Waals surface area contributed by atoms with Crippen LogP contribution in [0.15, 0.2) is 24.3 Å². The van der Waals surface area contributed by atoms with Crippen LogP contribution >= 0.6 is 0 Å². The molecule has 2 rings (SSSR count). The van der Waals surface area contributed by atoms with Gasteiger partial charge in [0.05, 0.1) is 13.2 Å². The first-order valence-electron chi connectivity index (χ1n) is 5.90. The van der Waals surface area contributed by atoms with Gasteiger partial charge in [-0.2, -0.15) is 0 Å². The number of carbonyl (C=O) groups is 1. The number of hydrogen-bond donors (Lipinski definition) is 0. The van der Waals surface area contributed by atoms with E-state index in [0.29, 0.717) is 18.3 Å². The summed E-state index contributed by atoms with van der Waals surface area (Å²) >= 11 is 0. The minimum atomic E-state index is 0.332. The zero-order valence-electron chi connectivity index (χ0n) is 9.69. The Kier molecular flexibility index (Phi) is 3.73. The molecule has 2 heteroatoms. The normalized spacial score (nSPS) is 17.8. The standard InChI is InChI=1S/C14H18O2/c1-11(6-7-15)14-4-2-12(3-5-14)8-13-9-16-10-13/h2-5,7,11,13H,6,8-10H2,1H3. The van der Waals surface area contributed by atoms with Gasteiger partial charge in [-0.1, -0.05) is 31.2 Å². The zero-order chi connectivity index (χ0) is 11.4. The molecular formula is C14H18O2. The molecule has 2 nitrogen and oxygen atoms in total. The van der Waals surface area contributed by atoms with Gasteiger partial charge in [0.25, 0.3) is 0 Å². The summed E-state index contributed by atoms with van der Waals surface area (Å²) < 4.78 is 5.16. The molecule has 0 N–H and O–H groups in total. The van der Waals surface area contributed by atoms with Crippen molar-refractivity contribution in [1.29, 1.82) is 0 Å². The Hall–Kier alpha value is -1.15. The van der Waals surface area contributed by atoms with Gasteiger partial charge in [0.15, 0.2) is 0 Å². The van der Waals surface area contributed by atoms with E-state index in [0.717, 1.165) is 25.9 Å². The van der Waals surface area contributed by atoms with E-state index in [-0.39, 0.29) is 0 Å². The number of ether oxygens (including phenoxy) is 1. The molecule has 0 radical (unpaired) electrons. The van der Waals surface area contributed by atoms with Gasteiger partial charge < -0.3 is 9.53 Å². The van der Waals surface area contributed by atoms with Gasteiger partial charge in [-0.05, 0) is 23.5 Å². The third kappa shape index (κ3) is 2.70. The van der Waals surface area contributed by atoms with Crippen molar-refractivity contribution < 1.29 is 9.53 Å².